The highest BCUT2D eigenvalue weighted by molar-refractivity contribution is 6.44. The van der Waals surface area contributed by atoms with Crippen LogP contribution in [-0.4, -0.2) is 18.7 Å². The number of benzene rings is 2. The Balaban J connectivity index is 1.59. The van der Waals surface area contributed by atoms with Crippen molar-refractivity contribution in [3.8, 4) is 17.1 Å². The second kappa shape index (κ2) is 10.2. The van der Waals surface area contributed by atoms with E-state index in [0.29, 0.717) is 37.9 Å². The molecule has 3 rings (SSSR count). The Hall–Kier alpha value is -2.47. The van der Waals surface area contributed by atoms with Crippen LogP contribution in [0.25, 0.3) is 11.3 Å². The molecule has 31 heavy (non-hydrogen) atoms. The normalized spacial score (nSPS) is 11.3. The maximum Gasteiger partial charge on any atom is 0.277 e. The first kappa shape index (κ1) is 23.2. The van der Waals surface area contributed by atoms with Gasteiger partial charge in [-0.1, -0.05) is 60.8 Å². The molecule has 0 saturated carbocycles. The van der Waals surface area contributed by atoms with Crippen molar-refractivity contribution >= 4 is 46.9 Å². The van der Waals surface area contributed by atoms with E-state index in [1.807, 2.05) is 25.1 Å². The molecule has 0 atom stereocenters. The van der Waals surface area contributed by atoms with Crippen molar-refractivity contribution in [2.75, 3.05) is 6.61 Å². The van der Waals surface area contributed by atoms with E-state index in [1.165, 1.54) is 6.21 Å². The number of rotatable bonds is 7. The van der Waals surface area contributed by atoms with Crippen molar-refractivity contribution in [3.05, 3.63) is 74.4 Å². The zero-order valence-electron chi connectivity index (χ0n) is 17.2. The lowest BCUT2D eigenvalue weighted by atomic mass is 10.0. The van der Waals surface area contributed by atoms with Crippen LogP contribution in [-0.2, 0) is 4.79 Å². The minimum absolute atomic E-state index is 0.150. The van der Waals surface area contributed by atoms with E-state index >= 15 is 0 Å². The fourth-order valence-corrected chi connectivity index (χ4v) is 3.51. The van der Waals surface area contributed by atoms with Crippen molar-refractivity contribution < 1.29 is 13.9 Å². The quantitative estimate of drug-likeness (QED) is 0.228. The maximum atomic E-state index is 12.1. The van der Waals surface area contributed by atoms with Crippen molar-refractivity contribution in [2.45, 2.75) is 26.7 Å². The number of hydrogen-bond acceptors (Lipinski definition) is 4. The average Bonchev–Trinajstić information content (AvgIpc) is 3.17. The van der Waals surface area contributed by atoms with E-state index in [2.05, 4.69) is 24.4 Å². The van der Waals surface area contributed by atoms with Crippen LogP contribution in [0.2, 0.25) is 15.1 Å². The number of halogens is 3. The molecule has 0 fully saturated rings. The van der Waals surface area contributed by atoms with Crippen molar-refractivity contribution in [3.63, 3.8) is 0 Å². The standard InChI is InChI=1S/C23H21Cl3N2O3/c1-13(2)16-6-4-14(3)8-22(16)30-12-23(29)28-27-11-15-5-7-21(31-15)17-9-19(25)20(26)10-18(17)24/h4-11,13H,12H2,1-3H3,(H,28,29)/b27-11+. The molecule has 0 radical (unpaired) electrons. The highest BCUT2D eigenvalue weighted by Crippen LogP contribution is 2.35. The molecule has 1 amide bonds. The van der Waals surface area contributed by atoms with Gasteiger partial charge in [-0.25, -0.2) is 5.43 Å². The summed E-state index contributed by atoms with van der Waals surface area (Å²) in [4.78, 5) is 12.1. The summed E-state index contributed by atoms with van der Waals surface area (Å²) in [5.74, 6) is 1.53. The Morgan fingerprint density at radius 1 is 1.10 bits per heavy atom. The molecule has 0 bridgehead atoms. The van der Waals surface area contributed by atoms with Crippen LogP contribution in [0.1, 0.15) is 36.7 Å². The Labute approximate surface area is 195 Å². The van der Waals surface area contributed by atoms with Crippen LogP contribution in [0.15, 0.2) is 52.0 Å². The highest BCUT2D eigenvalue weighted by atomic mass is 35.5. The molecule has 1 aromatic heterocycles. The predicted molar refractivity (Wildman–Crippen MR) is 126 cm³/mol. The largest absolute Gasteiger partial charge is 0.483 e. The molecule has 1 heterocycles. The molecule has 162 valence electrons. The van der Waals surface area contributed by atoms with Crippen LogP contribution in [0.3, 0.4) is 0 Å². The van der Waals surface area contributed by atoms with Gasteiger partial charge in [-0.15, -0.1) is 0 Å². The second-order valence-corrected chi connectivity index (χ2v) is 8.45. The molecule has 0 unspecified atom stereocenters. The summed E-state index contributed by atoms with van der Waals surface area (Å²) in [6, 6.07) is 12.6. The van der Waals surface area contributed by atoms with Gasteiger partial charge in [-0.05, 0) is 54.3 Å². The zero-order valence-corrected chi connectivity index (χ0v) is 19.5. The number of aryl methyl sites for hydroxylation is 1. The molecule has 0 spiro atoms. The van der Waals surface area contributed by atoms with Gasteiger partial charge in [0.1, 0.15) is 17.3 Å². The van der Waals surface area contributed by atoms with Crippen LogP contribution in [0, 0.1) is 6.92 Å². The number of nitrogens with one attached hydrogen (secondary N) is 1. The van der Waals surface area contributed by atoms with Crippen LogP contribution in [0.5, 0.6) is 5.75 Å². The first-order chi connectivity index (χ1) is 14.7. The lowest BCUT2D eigenvalue weighted by Gasteiger charge is -2.14. The lowest BCUT2D eigenvalue weighted by Crippen LogP contribution is -2.24. The van der Waals surface area contributed by atoms with Crippen molar-refractivity contribution in [1.29, 1.82) is 0 Å². The number of carbonyl (C=O) groups excluding carboxylic acids is 1. The van der Waals surface area contributed by atoms with E-state index in [1.54, 1.807) is 24.3 Å². The first-order valence-corrected chi connectivity index (χ1v) is 10.7. The van der Waals surface area contributed by atoms with Gasteiger partial charge in [0.2, 0.25) is 0 Å². The molecular weight excluding hydrogens is 459 g/mol. The molecule has 2 aromatic carbocycles. The molecule has 5 nitrogen and oxygen atoms in total. The average molecular weight is 480 g/mol. The van der Waals surface area contributed by atoms with Gasteiger partial charge >= 0.3 is 0 Å². The van der Waals surface area contributed by atoms with Gasteiger partial charge in [-0.2, -0.15) is 5.10 Å². The number of hydrogen-bond donors (Lipinski definition) is 1. The molecule has 3 aromatic rings. The zero-order chi connectivity index (χ0) is 22.5. The topological polar surface area (TPSA) is 63.8 Å². The summed E-state index contributed by atoms with van der Waals surface area (Å²) in [6.45, 7) is 5.97. The number of furan rings is 1. The summed E-state index contributed by atoms with van der Waals surface area (Å²) in [5.41, 5.74) is 5.14. The molecule has 0 saturated heterocycles. The summed E-state index contributed by atoms with van der Waals surface area (Å²) >= 11 is 18.2. The van der Waals surface area contributed by atoms with E-state index in [9.17, 15) is 4.79 Å². The number of carbonyl (C=O) groups is 1. The third kappa shape index (κ3) is 6.03. The molecule has 8 heteroatoms. The lowest BCUT2D eigenvalue weighted by molar-refractivity contribution is -0.123. The number of nitrogens with zero attached hydrogens (tertiary/aromatic N) is 1. The van der Waals surface area contributed by atoms with E-state index in [4.69, 9.17) is 44.0 Å². The SMILES string of the molecule is Cc1ccc(C(C)C)c(OCC(=O)N/N=C/c2ccc(-c3cc(Cl)c(Cl)cc3Cl)o2)c1. The van der Waals surface area contributed by atoms with Gasteiger partial charge in [0.05, 0.1) is 21.3 Å². The minimum atomic E-state index is -0.383. The van der Waals surface area contributed by atoms with Crippen molar-refractivity contribution in [1.82, 2.24) is 5.43 Å². The predicted octanol–water partition coefficient (Wildman–Crippen LogP) is 6.87. The van der Waals surface area contributed by atoms with Crippen LogP contribution < -0.4 is 10.2 Å². The third-order valence-corrected chi connectivity index (χ3v) is 5.47. The monoisotopic (exact) mass is 478 g/mol. The van der Waals surface area contributed by atoms with Gasteiger partial charge < -0.3 is 9.15 Å². The van der Waals surface area contributed by atoms with Crippen LogP contribution in [0.4, 0.5) is 0 Å². The van der Waals surface area contributed by atoms with E-state index in [0.717, 1.165) is 11.1 Å². The molecular formula is C23H21Cl3N2O3. The van der Waals surface area contributed by atoms with Gasteiger partial charge in [0, 0.05) is 5.56 Å². The smallest absolute Gasteiger partial charge is 0.277 e. The van der Waals surface area contributed by atoms with Gasteiger partial charge in [-0.3, -0.25) is 4.79 Å². The van der Waals surface area contributed by atoms with E-state index in [-0.39, 0.29) is 18.4 Å². The van der Waals surface area contributed by atoms with Crippen molar-refractivity contribution in [2.24, 2.45) is 5.10 Å². The second-order valence-electron chi connectivity index (χ2n) is 7.23. The van der Waals surface area contributed by atoms with E-state index < -0.39 is 0 Å². The Morgan fingerprint density at radius 3 is 2.58 bits per heavy atom. The van der Waals surface area contributed by atoms with Crippen LogP contribution >= 0.6 is 34.8 Å². The fraction of sp³-hybridized carbons (Fsp3) is 0.217. The fourth-order valence-electron chi connectivity index (χ4n) is 2.87. The van der Waals surface area contributed by atoms with Gasteiger partial charge in [0.25, 0.3) is 5.91 Å². The Kier molecular flexibility index (Phi) is 7.65. The number of ether oxygens (including phenoxy) is 1. The molecule has 0 aliphatic rings. The first-order valence-electron chi connectivity index (χ1n) is 9.54. The number of hydrazone groups is 1. The Morgan fingerprint density at radius 2 is 1.84 bits per heavy atom. The summed E-state index contributed by atoms with van der Waals surface area (Å²) < 4.78 is 11.4. The molecule has 1 N–H and O–H groups in total. The minimum Gasteiger partial charge on any atom is -0.483 e. The maximum absolute atomic E-state index is 12.1. The molecule has 0 aliphatic carbocycles. The third-order valence-electron chi connectivity index (χ3n) is 4.43. The summed E-state index contributed by atoms with van der Waals surface area (Å²) in [7, 11) is 0. The Bertz CT molecular complexity index is 1120. The van der Waals surface area contributed by atoms with Gasteiger partial charge in [0.15, 0.2) is 6.61 Å². The summed E-state index contributed by atoms with van der Waals surface area (Å²) in [6.07, 6.45) is 1.39. The molecule has 0 aliphatic heterocycles. The number of amides is 1. The summed E-state index contributed by atoms with van der Waals surface area (Å²) in [5, 5.41) is 5.05. The highest BCUT2D eigenvalue weighted by Gasteiger charge is 2.12.